The molecular weight excluding hydrogens is 378 g/mol. The Kier molecular flexibility index (Phi) is 6.30. The van der Waals surface area contributed by atoms with Crippen molar-refractivity contribution in [3.8, 4) is 0 Å². The lowest BCUT2D eigenvalue weighted by atomic mass is 10.1. The van der Waals surface area contributed by atoms with E-state index in [1.165, 1.54) is 4.31 Å². The van der Waals surface area contributed by atoms with Gasteiger partial charge in [0.15, 0.2) is 0 Å². The van der Waals surface area contributed by atoms with Crippen molar-refractivity contribution in [1.29, 1.82) is 0 Å². The van der Waals surface area contributed by atoms with Crippen LogP contribution in [0.5, 0.6) is 0 Å². The van der Waals surface area contributed by atoms with E-state index in [-0.39, 0.29) is 31.2 Å². The number of rotatable bonds is 8. The molecule has 0 bridgehead atoms. The lowest BCUT2D eigenvalue weighted by Gasteiger charge is -2.19. The SMILES string of the molecule is O=C(CNC(=O)Cc1ccccc1)NCCS(=O)(=O)N1CCc2ccccc21. The molecule has 3 rings (SSSR count). The maximum absolute atomic E-state index is 12.6. The number of hydrogen-bond acceptors (Lipinski definition) is 4. The van der Waals surface area contributed by atoms with Gasteiger partial charge in [-0.05, 0) is 23.6 Å². The standard InChI is InChI=1S/C20H23N3O4S/c24-19(14-16-6-2-1-3-7-16)22-15-20(25)21-11-13-28(26,27)23-12-10-17-8-4-5-9-18(17)23/h1-9H,10-15H2,(H,21,25)(H,22,24). The fourth-order valence-corrected chi connectivity index (χ4v) is 4.54. The smallest absolute Gasteiger partial charge is 0.239 e. The predicted octanol–water partition coefficient (Wildman–Crippen LogP) is 0.854. The summed E-state index contributed by atoms with van der Waals surface area (Å²) in [6, 6.07) is 16.6. The van der Waals surface area contributed by atoms with Crippen LogP contribution in [0.2, 0.25) is 0 Å². The summed E-state index contributed by atoms with van der Waals surface area (Å²) >= 11 is 0. The maximum Gasteiger partial charge on any atom is 0.239 e. The number of nitrogens with zero attached hydrogens (tertiary/aromatic N) is 1. The molecule has 0 unspecified atom stereocenters. The fraction of sp³-hybridized carbons (Fsp3) is 0.300. The molecule has 0 saturated carbocycles. The van der Waals surface area contributed by atoms with Gasteiger partial charge in [0.2, 0.25) is 21.8 Å². The first-order valence-electron chi connectivity index (χ1n) is 9.11. The molecule has 2 aromatic rings. The van der Waals surface area contributed by atoms with Crippen LogP contribution in [0.3, 0.4) is 0 Å². The van der Waals surface area contributed by atoms with E-state index in [2.05, 4.69) is 10.6 Å². The van der Waals surface area contributed by atoms with Crippen LogP contribution in [0, 0.1) is 0 Å². The Morgan fingerprint density at radius 3 is 2.43 bits per heavy atom. The van der Waals surface area contributed by atoms with Crippen LogP contribution < -0.4 is 14.9 Å². The van der Waals surface area contributed by atoms with Crippen LogP contribution in [0.1, 0.15) is 11.1 Å². The summed E-state index contributed by atoms with van der Waals surface area (Å²) in [5.74, 6) is -0.869. The van der Waals surface area contributed by atoms with Crippen LogP contribution >= 0.6 is 0 Å². The van der Waals surface area contributed by atoms with Crippen molar-refractivity contribution in [1.82, 2.24) is 10.6 Å². The Bertz CT molecular complexity index is 945. The van der Waals surface area contributed by atoms with Gasteiger partial charge in [-0.3, -0.25) is 13.9 Å². The first-order chi connectivity index (χ1) is 13.5. The highest BCUT2D eigenvalue weighted by Crippen LogP contribution is 2.29. The molecule has 0 spiro atoms. The Hall–Kier alpha value is -2.87. The molecule has 0 fully saturated rings. The van der Waals surface area contributed by atoms with Gasteiger partial charge in [0, 0.05) is 13.1 Å². The molecule has 148 valence electrons. The second kappa shape index (κ2) is 8.88. The molecule has 8 heteroatoms. The summed E-state index contributed by atoms with van der Waals surface area (Å²) < 4.78 is 26.5. The molecule has 0 atom stereocenters. The number of sulfonamides is 1. The van der Waals surface area contributed by atoms with E-state index in [1.54, 1.807) is 6.07 Å². The second-order valence-electron chi connectivity index (χ2n) is 6.56. The van der Waals surface area contributed by atoms with E-state index >= 15 is 0 Å². The van der Waals surface area contributed by atoms with Gasteiger partial charge >= 0.3 is 0 Å². The van der Waals surface area contributed by atoms with Gasteiger partial charge in [-0.25, -0.2) is 8.42 Å². The Labute approximate surface area is 164 Å². The van der Waals surface area contributed by atoms with Gasteiger partial charge < -0.3 is 10.6 Å². The van der Waals surface area contributed by atoms with Gasteiger partial charge in [0.05, 0.1) is 24.4 Å². The summed E-state index contributed by atoms with van der Waals surface area (Å²) in [4.78, 5) is 23.7. The van der Waals surface area contributed by atoms with Gasteiger partial charge in [-0.1, -0.05) is 48.5 Å². The molecule has 28 heavy (non-hydrogen) atoms. The highest BCUT2D eigenvalue weighted by Gasteiger charge is 2.28. The molecule has 2 aromatic carbocycles. The quantitative estimate of drug-likeness (QED) is 0.686. The Morgan fingerprint density at radius 1 is 0.929 bits per heavy atom. The van der Waals surface area contributed by atoms with E-state index in [0.29, 0.717) is 18.7 Å². The number of amides is 2. The number of carbonyl (C=O) groups excluding carboxylic acids is 2. The molecule has 0 saturated heterocycles. The van der Waals surface area contributed by atoms with Crippen molar-refractivity contribution in [3.63, 3.8) is 0 Å². The number of carbonyl (C=O) groups is 2. The molecule has 1 aliphatic rings. The van der Waals surface area contributed by atoms with Crippen molar-refractivity contribution in [2.45, 2.75) is 12.8 Å². The third-order valence-electron chi connectivity index (χ3n) is 4.52. The van der Waals surface area contributed by atoms with Crippen LogP contribution in [-0.2, 0) is 32.5 Å². The van der Waals surface area contributed by atoms with Gasteiger partial charge in [-0.15, -0.1) is 0 Å². The normalized spacial score (nSPS) is 13.1. The lowest BCUT2D eigenvalue weighted by Crippen LogP contribution is -2.41. The van der Waals surface area contributed by atoms with Crippen molar-refractivity contribution < 1.29 is 18.0 Å². The molecule has 2 amide bonds. The van der Waals surface area contributed by atoms with Crippen LogP contribution in [0.4, 0.5) is 5.69 Å². The minimum atomic E-state index is -3.51. The average Bonchev–Trinajstić information content (AvgIpc) is 3.12. The minimum Gasteiger partial charge on any atom is -0.353 e. The van der Waals surface area contributed by atoms with E-state index < -0.39 is 15.9 Å². The predicted molar refractivity (Wildman–Crippen MR) is 107 cm³/mol. The summed E-state index contributed by atoms with van der Waals surface area (Å²) in [7, 11) is -3.51. The number of para-hydroxylation sites is 1. The van der Waals surface area contributed by atoms with Crippen molar-refractivity contribution in [2.24, 2.45) is 0 Å². The van der Waals surface area contributed by atoms with E-state index in [0.717, 1.165) is 11.1 Å². The van der Waals surface area contributed by atoms with Crippen LogP contribution in [0.15, 0.2) is 54.6 Å². The van der Waals surface area contributed by atoms with E-state index in [1.807, 2.05) is 48.5 Å². The third kappa shape index (κ3) is 5.10. The van der Waals surface area contributed by atoms with Crippen LogP contribution in [-0.4, -0.2) is 45.6 Å². The number of anilines is 1. The second-order valence-corrected chi connectivity index (χ2v) is 8.57. The topological polar surface area (TPSA) is 95.6 Å². The largest absolute Gasteiger partial charge is 0.353 e. The van der Waals surface area contributed by atoms with Crippen molar-refractivity contribution in [3.05, 3.63) is 65.7 Å². The summed E-state index contributed by atoms with van der Waals surface area (Å²) in [6.45, 7) is 0.234. The number of hydrogen-bond donors (Lipinski definition) is 2. The van der Waals surface area contributed by atoms with Crippen molar-refractivity contribution >= 4 is 27.5 Å². The van der Waals surface area contributed by atoms with Gasteiger partial charge in [-0.2, -0.15) is 0 Å². The maximum atomic E-state index is 12.6. The Morgan fingerprint density at radius 2 is 1.64 bits per heavy atom. The lowest BCUT2D eigenvalue weighted by molar-refractivity contribution is -0.125. The number of fused-ring (bicyclic) bond motifs is 1. The summed E-state index contributed by atoms with van der Waals surface area (Å²) in [5.41, 5.74) is 2.58. The molecule has 7 nitrogen and oxygen atoms in total. The molecule has 1 aliphatic heterocycles. The van der Waals surface area contributed by atoms with Crippen LogP contribution in [0.25, 0.3) is 0 Å². The minimum absolute atomic E-state index is 0.00557. The molecule has 2 N–H and O–H groups in total. The third-order valence-corrected chi connectivity index (χ3v) is 6.29. The molecule has 0 radical (unpaired) electrons. The van der Waals surface area contributed by atoms with Crippen molar-refractivity contribution in [2.75, 3.05) is 29.7 Å². The molecule has 0 aromatic heterocycles. The Balaban J connectivity index is 1.41. The van der Waals surface area contributed by atoms with Gasteiger partial charge in [0.25, 0.3) is 0 Å². The fourth-order valence-electron chi connectivity index (χ4n) is 3.11. The number of benzene rings is 2. The molecular formula is C20H23N3O4S. The average molecular weight is 401 g/mol. The zero-order valence-corrected chi connectivity index (χ0v) is 16.2. The highest BCUT2D eigenvalue weighted by molar-refractivity contribution is 7.92. The number of nitrogens with one attached hydrogen (secondary N) is 2. The summed E-state index contributed by atoms with van der Waals surface area (Å²) in [6.07, 6.45) is 0.881. The zero-order chi connectivity index (χ0) is 20.0. The van der Waals surface area contributed by atoms with Gasteiger partial charge in [0.1, 0.15) is 0 Å². The van der Waals surface area contributed by atoms with E-state index in [9.17, 15) is 18.0 Å². The first-order valence-corrected chi connectivity index (χ1v) is 10.7. The zero-order valence-electron chi connectivity index (χ0n) is 15.4. The highest BCUT2D eigenvalue weighted by atomic mass is 32.2. The summed E-state index contributed by atoms with van der Waals surface area (Å²) in [5, 5.41) is 5.08. The first kappa shape index (κ1) is 19.9. The van der Waals surface area contributed by atoms with E-state index in [4.69, 9.17) is 0 Å². The monoisotopic (exact) mass is 401 g/mol. The molecule has 1 heterocycles. The molecule has 0 aliphatic carbocycles.